The van der Waals surface area contributed by atoms with Crippen molar-refractivity contribution in [2.45, 2.75) is 55.8 Å². The molecule has 1 atom stereocenters. The maximum Gasteiger partial charge on any atom is 0.243 e. The van der Waals surface area contributed by atoms with E-state index in [-0.39, 0.29) is 16.7 Å². The summed E-state index contributed by atoms with van der Waals surface area (Å²) in [6.45, 7) is 1.14. The predicted molar refractivity (Wildman–Crippen MR) is 136 cm³/mol. The lowest BCUT2D eigenvalue weighted by molar-refractivity contribution is -0.118. The Labute approximate surface area is 209 Å². The number of aromatic nitrogens is 2. The van der Waals surface area contributed by atoms with Crippen molar-refractivity contribution in [2.75, 3.05) is 25.5 Å². The number of ether oxygens (including phenoxy) is 1. The predicted octanol–water partition coefficient (Wildman–Crippen LogP) is 4.79. The number of hydrogen-bond donors (Lipinski definition) is 1. The molecule has 2 fully saturated rings. The number of methoxy groups -OCH3 is 1. The third-order valence-corrected chi connectivity index (χ3v) is 9.81. The van der Waals surface area contributed by atoms with Crippen molar-refractivity contribution >= 4 is 42.7 Å². The number of nitrogens with one attached hydrogen (secondary N) is 1. The van der Waals surface area contributed by atoms with E-state index in [1.165, 1.54) is 24.2 Å². The van der Waals surface area contributed by atoms with E-state index in [1.54, 1.807) is 41.7 Å². The lowest BCUT2D eigenvalue weighted by Gasteiger charge is -2.21. The average molecular weight is 515 g/mol. The van der Waals surface area contributed by atoms with Crippen molar-refractivity contribution in [1.29, 1.82) is 0 Å². The number of carbonyl (C=O) groups excluding carboxylic acids is 1. The first-order valence-electron chi connectivity index (χ1n) is 12.2. The lowest BCUT2D eigenvalue weighted by Crippen LogP contribution is -2.28. The SMILES string of the molecule is COc1ccc2nc(NC(=O)C(CC3CCCC3)c3ccc(S(=O)(=O)N4CCCC4)cc3)sc2n1. The second kappa shape index (κ2) is 10.2. The van der Waals surface area contributed by atoms with E-state index in [9.17, 15) is 13.2 Å². The summed E-state index contributed by atoms with van der Waals surface area (Å²) in [5.41, 5.74) is 1.53. The molecule has 0 radical (unpaired) electrons. The summed E-state index contributed by atoms with van der Waals surface area (Å²) in [5, 5.41) is 3.49. The molecular formula is C25H30N4O4S2. The van der Waals surface area contributed by atoms with Crippen LogP contribution in [0.25, 0.3) is 10.3 Å². The zero-order valence-electron chi connectivity index (χ0n) is 19.8. The Morgan fingerprint density at radius 3 is 2.49 bits per heavy atom. The zero-order valence-corrected chi connectivity index (χ0v) is 21.4. The van der Waals surface area contributed by atoms with Gasteiger partial charge in [0.15, 0.2) is 5.13 Å². The summed E-state index contributed by atoms with van der Waals surface area (Å²) >= 11 is 1.31. The van der Waals surface area contributed by atoms with Gasteiger partial charge >= 0.3 is 0 Å². The minimum Gasteiger partial charge on any atom is -0.481 e. The molecule has 10 heteroatoms. The molecule has 35 heavy (non-hydrogen) atoms. The van der Waals surface area contributed by atoms with E-state index in [0.717, 1.165) is 37.7 Å². The van der Waals surface area contributed by atoms with Gasteiger partial charge in [0.05, 0.1) is 17.9 Å². The van der Waals surface area contributed by atoms with Gasteiger partial charge in [0.1, 0.15) is 10.3 Å². The van der Waals surface area contributed by atoms with Crippen molar-refractivity contribution in [3.8, 4) is 5.88 Å². The Morgan fingerprint density at radius 2 is 1.80 bits per heavy atom. The summed E-state index contributed by atoms with van der Waals surface area (Å²) in [6.07, 6.45) is 7.16. The first-order valence-corrected chi connectivity index (χ1v) is 14.4. The molecule has 2 aliphatic rings. The van der Waals surface area contributed by atoms with Crippen molar-refractivity contribution < 1.29 is 17.9 Å². The van der Waals surface area contributed by atoms with Gasteiger partial charge in [-0.25, -0.2) is 18.4 Å². The van der Waals surface area contributed by atoms with Gasteiger partial charge in [-0.3, -0.25) is 4.79 Å². The smallest absolute Gasteiger partial charge is 0.243 e. The fraction of sp³-hybridized carbons (Fsp3) is 0.480. The van der Waals surface area contributed by atoms with Gasteiger partial charge in [0.2, 0.25) is 21.8 Å². The Kier molecular flexibility index (Phi) is 7.04. The molecule has 1 unspecified atom stereocenters. The molecule has 1 saturated carbocycles. The number of thiazole rings is 1. The topological polar surface area (TPSA) is 101 Å². The Hall–Kier alpha value is -2.56. The highest BCUT2D eigenvalue weighted by Gasteiger charge is 2.30. The van der Waals surface area contributed by atoms with Crippen LogP contribution in [0.15, 0.2) is 41.3 Å². The maximum atomic E-state index is 13.5. The number of hydrogen-bond acceptors (Lipinski definition) is 7. The van der Waals surface area contributed by atoms with E-state index in [4.69, 9.17) is 4.74 Å². The Balaban J connectivity index is 1.38. The fourth-order valence-corrected chi connectivity index (χ4v) is 7.43. The lowest BCUT2D eigenvalue weighted by atomic mass is 9.87. The largest absolute Gasteiger partial charge is 0.481 e. The number of pyridine rings is 1. The molecule has 1 aromatic carbocycles. The molecule has 186 valence electrons. The molecule has 1 saturated heterocycles. The van der Waals surface area contributed by atoms with Crippen LogP contribution < -0.4 is 10.1 Å². The van der Waals surface area contributed by atoms with Gasteiger partial charge < -0.3 is 10.1 Å². The molecule has 1 aliphatic heterocycles. The molecule has 3 aromatic rings. The number of amides is 1. The standard InChI is InChI=1S/C25H30N4O4S2/c1-33-22-13-12-21-24(27-22)34-25(26-21)28-23(30)20(16-17-6-2-3-7-17)18-8-10-19(11-9-18)35(31,32)29-14-4-5-15-29/h8-13,17,20H,2-7,14-16H2,1H3,(H,26,28,30). The Morgan fingerprint density at radius 1 is 1.09 bits per heavy atom. The van der Waals surface area contributed by atoms with E-state index in [2.05, 4.69) is 15.3 Å². The van der Waals surface area contributed by atoms with Gasteiger partial charge in [-0.1, -0.05) is 49.2 Å². The number of sulfonamides is 1. The number of carbonyl (C=O) groups is 1. The van der Waals surface area contributed by atoms with Crippen LogP contribution in [0.4, 0.5) is 5.13 Å². The summed E-state index contributed by atoms with van der Waals surface area (Å²) in [5.74, 6) is 0.483. The number of fused-ring (bicyclic) bond motifs is 1. The minimum absolute atomic E-state index is 0.127. The molecular weight excluding hydrogens is 484 g/mol. The van der Waals surface area contributed by atoms with Gasteiger partial charge in [-0.05, 0) is 48.9 Å². The molecule has 0 bridgehead atoms. The molecule has 5 rings (SSSR count). The van der Waals surface area contributed by atoms with Gasteiger partial charge in [-0.15, -0.1) is 0 Å². The number of nitrogens with zero attached hydrogens (tertiary/aromatic N) is 3. The average Bonchev–Trinajstić information content (AvgIpc) is 3.64. The Bertz CT molecular complexity index is 1290. The summed E-state index contributed by atoms with van der Waals surface area (Å²) in [4.78, 5) is 23.4. The van der Waals surface area contributed by atoms with Crippen LogP contribution in [-0.4, -0.2) is 48.8 Å². The van der Waals surface area contributed by atoms with Crippen LogP contribution in [0.2, 0.25) is 0 Å². The summed E-state index contributed by atoms with van der Waals surface area (Å²) in [6, 6.07) is 10.5. The minimum atomic E-state index is -3.49. The van der Waals surface area contributed by atoms with Crippen LogP contribution in [-0.2, 0) is 14.8 Å². The molecule has 1 amide bonds. The fourth-order valence-electron chi connectivity index (χ4n) is 5.08. The van der Waals surface area contributed by atoms with Crippen molar-refractivity contribution in [2.24, 2.45) is 5.92 Å². The maximum absolute atomic E-state index is 13.5. The van der Waals surface area contributed by atoms with E-state index < -0.39 is 10.0 Å². The monoisotopic (exact) mass is 514 g/mol. The highest BCUT2D eigenvalue weighted by molar-refractivity contribution is 7.89. The normalized spacial score (nSPS) is 18.2. The molecule has 2 aromatic heterocycles. The number of benzene rings is 1. The van der Waals surface area contributed by atoms with Crippen LogP contribution in [0, 0.1) is 5.92 Å². The first kappa shape index (κ1) is 24.1. The van der Waals surface area contributed by atoms with Crippen molar-refractivity contribution in [3.05, 3.63) is 42.0 Å². The van der Waals surface area contributed by atoms with Gasteiger partial charge in [0.25, 0.3) is 0 Å². The van der Waals surface area contributed by atoms with Crippen molar-refractivity contribution in [1.82, 2.24) is 14.3 Å². The highest BCUT2D eigenvalue weighted by atomic mass is 32.2. The molecule has 1 aliphatic carbocycles. The molecule has 0 spiro atoms. The first-order chi connectivity index (χ1) is 16.9. The van der Waals surface area contributed by atoms with E-state index in [0.29, 0.717) is 40.4 Å². The van der Waals surface area contributed by atoms with Crippen LogP contribution in [0.3, 0.4) is 0 Å². The number of anilines is 1. The second-order valence-corrected chi connectivity index (χ2v) is 12.2. The molecule has 1 N–H and O–H groups in total. The molecule has 3 heterocycles. The van der Waals surface area contributed by atoms with Gasteiger partial charge in [-0.2, -0.15) is 4.31 Å². The third-order valence-electron chi connectivity index (χ3n) is 7.01. The van der Waals surface area contributed by atoms with Crippen LogP contribution in [0.1, 0.15) is 56.4 Å². The highest BCUT2D eigenvalue weighted by Crippen LogP contribution is 2.36. The summed E-state index contributed by atoms with van der Waals surface area (Å²) in [7, 11) is -1.92. The van der Waals surface area contributed by atoms with E-state index in [1.807, 2.05) is 6.07 Å². The molecule has 8 nitrogen and oxygen atoms in total. The van der Waals surface area contributed by atoms with Crippen molar-refractivity contribution in [3.63, 3.8) is 0 Å². The third kappa shape index (κ3) is 5.19. The second-order valence-electron chi connectivity index (χ2n) is 9.31. The zero-order chi connectivity index (χ0) is 24.4. The summed E-state index contributed by atoms with van der Waals surface area (Å²) < 4.78 is 32.6. The quantitative estimate of drug-likeness (QED) is 0.464. The van der Waals surface area contributed by atoms with Crippen LogP contribution in [0.5, 0.6) is 5.88 Å². The van der Waals surface area contributed by atoms with Gasteiger partial charge in [0, 0.05) is 19.2 Å². The van der Waals surface area contributed by atoms with Crippen LogP contribution >= 0.6 is 11.3 Å². The number of rotatable bonds is 8. The van der Waals surface area contributed by atoms with E-state index >= 15 is 0 Å².